The van der Waals surface area contributed by atoms with Crippen LogP contribution in [0.15, 0.2) is 30.5 Å². The Morgan fingerprint density at radius 1 is 1.29 bits per heavy atom. The number of likely N-dealkylation sites (N-methyl/N-ethyl adjacent to an activating group) is 1. The summed E-state index contributed by atoms with van der Waals surface area (Å²) in [6, 6.07) is 9.01. The first-order valence-electron chi connectivity index (χ1n) is 8.81. The lowest BCUT2D eigenvalue weighted by Gasteiger charge is -2.35. The number of benzene rings is 1. The monoisotopic (exact) mass is 327 g/mol. The van der Waals surface area contributed by atoms with E-state index in [1.54, 1.807) is 7.05 Å². The molecule has 0 spiro atoms. The number of ether oxygens (including phenoxy) is 1. The summed E-state index contributed by atoms with van der Waals surface area (Å²) in [6.45, 7) is 2.00. The molecule has 3 heterocycles. The molecule has 1 aromatic heterocycles. The zero-order valence-corrected chi connectivity index (χ0v) is 14.4. The summed E-state index contributed by atoms with van der Waals surface area (Å²) < 4.78 is 8.27. The number of fused-ring (bicyclic) bond motifs is 2. The van der Waals surface area contributed by atoms with Crippen LogP contribution in [0.4, 0.5) is 0 Å². The molecule has 5 nitrogen and oxygen atoms in total. The fourth-order valence-electron chi connectivity index (χ4n) is 4.34. The van der Waals surface area contributed by atoms with Crippen LogP contribution in [-0.2, 0) is 23.1 Å². The van der Waals surface area contributed by atoms with Gasteiger partial charge in [-0.2, -0.15) is 0 Å². The van der Waals surface area contributed by atoms with Crippen molar-refractivity contribution in [2.75, 3.05) is 13.6 Å². The summed E-state index contributed by atoms with van der Waals surface area (Å²) in [7, 11) is 3.79. The first kappa shape index (κ1) is 15.7. The average Bonchev–Trinajstić information content (AvgIpc) is 3.16. The summed E-state index contributed by atoms with van der Waals surface area (Å²) in [6.07, 6.45) is 5.03. The van der Waals surface area contributed by atoms with Gasteiger partial charge in [0.25, 0.3) is 0 Å². The maximum atomic E-state index is 11.8. The lowest BCUT2D eigenvalue weighted by molar-refractivity contribution is -0.143. The van der Waals surface area contributed by atoms with Gasteiger partial charge in [-0.05, 0) is 30.9 Å². The van der Waals surface area contributed by atoms with Crippen LogP contribution < -0.4 is 5.32 Å². The van der Waals surface area contributed by atoms with Gasteiger partial charge in [-0.3, -0.25) is 9.69 Å². The molecule has 0 unspecified atom stereocenters. The third-order valence-corrected chi connectivity index (χ3v) is 5.55. The third kappa shape index (κ3) is 2.62. The number of nitrogens with zero attached hydrogens (tertiary/aromatic N) is 2. The van der Waals surface area contributed by atoms with E-state index in [-0.39, 0.29) is 18.1 Å². The van der Waals surface area contributed by atoms with E-state index in [0.29, 0.717) is 6.04 Å². The molecule has 2 aliphatic heterocycles. The van der Waals surface area contributed by atoms with E-state index >= 15 is 0 Å². The summed E-state index contributed by atoms with van der Waals surface area (Å²) in [4.78, 5) is 14.4. The first-order valence-corrected chi connectivity index (χ1v) is 8.81. The van der Waals surface area contributed by atoms with E-state index in [9.17, 15) is 4.79 Å². The van der Waals surface area contributed by atoms with Gasteiger partial charge in [0, 0.05) is 50.3 Å². The highest BCUT2D eigenvalue weighted by atomic mass is 16.5. The maximum Gasteiger partial charge on any atom is 0.248 e. The van der Waals surface area contributed by atoms with Gasteiger partial charge in [-0.1, -0.05) is 18.2 Å². The second kappa shape index (κ2) is 6.22. The van der Waals surface area contributed by atoms with Gasteiger partial charge >= 0.3 is 0 Å². The largest absolute Gasteiger partial charge is 0.363 e. The Bertz CT molecular complexity index is 754. The molecule has 2 aromatic rings. The number of rotatable bonds is 3. The van der Waals surface area contributed by atoms with Crippen molar-refractivity contribution in [1.82, 2.24) is 14.8 Å². The number of aryl methyl sites for hydroxylation is 1. The van der Waals surface area contributed by atoms with E-state index in [1.165, 1.54) is 16.5 Å². The zero-order valence-electron chi connectivity index (χ0n) is 14.4. The molecule has 1 amide bonds. The smallest absolute Gasteiger partial charge is 0.248 e. The molecule has 4 rings (SSSR count). The van der Waals surface area contributed by atoms with Crippen LogP contribution in [0.25, 0.3) is 10.9 Å². The minimum absolute atomic E-state index is 0.0148. The Balaban J connectivity index is 1.50. The Morgan fingerprint density at radius 3 is 2.96 bits per heavy atom. The molecule has 2 saturated heterocycles. The van der Waals surface area contributed by atoms with Crippen molar-refractivity contribution >= 4 is 16.8 Å². The summed E-state index contributed by atoms with van der Waals surface area (Å²) >= 11 is 0. The van der Waals surface area contributed by atoms with Crippen LogP contribution in [0.1, 0.15) is 24.8 Å². The molecule has 0 aliphatic carbocycles. The molecular weight excluding hydrogens is 302 g/mol. The van der Waals surface area contributed by atoms with Crippen molar-refractivity contribution in [1.29, 1.82) is 0 Å². The number of carbonyl (C=O) groups is 1. The predicted octanol–water partition coefficient (Wildman–Crippen LogP) is 2.05. The highest BCUT2D eigenvalue weighted by Gasteiger charge is 2.41. The van der Waals surface area contributed by atoms with Crippen molar-refractivity contribution in [2.45, 2.75) is 44.1 Å². The highest BCUT2D eigenvalue weighted by Crippen LogP contribution is 2.33. The molecule has 2 aliphatic rings. The fourth-order valence-corrected chi connectivity index (χ4v) is 4.34. The van der Waals surface area contributed by atoms with Gasteiger partial charge in [-0.15, -0.1) is 0 Å². The van der Waals surface area contributed by atoms with Crippen molar-refractivity contribution in [2.24, 2.45) is 7.05 Å². The number of nitrogens with one attached hydrogen (secondary N) is 1. The zero-order chi connectivity index (χ0) is 16.7. The lowest BCUT2D eigenvalue weighted by Crippen LogP contribution is -2.47. The van der Waals surface area contributed by atoms with Crippen LogP contribution in [0.2, 0.25) is 0 Å². The van der Waals surface area contributed by atoms with E-state index in [2.05, 4.69) is 52.3 Å². The van der Waals surface area contributed by atoms with Gasteiger partial charge < -0.3 is 14.6 Å². The normalized spacial score (nSPS) is 27.3. The number of hydrogen-bond donors (Lipinski definition) is 1. The fraction of sp³-hybridized carbons (Fsp3) is 0.526. The van der Waals surface area contributed by atoms with Crippen LogP contribution >= 0.6 is 0 Å². The molecule has 128 valence electrons. The molecule has 3 atom stereocenters. The van der Waals surface area contributed by atoms with Gasteiger partial charge in [-0.25, -0.2) is 0 Å². The summed E-state index contributed by atoms with van der Waals surface area (Å²) in [5.74, 6) is 0.0148. The summed E-state index contributed by atoms with van der Waals surface area (Å²) in [5.41, 5.74) is 2.66. The van der Waals surface area contributed by atoms with E-state index in [4.69, 9.17) is 4.74 Å². The molecule has 0 bridgehead atoms. The number of para-hydroxylation sites is 1. The van der Waals surface area contributed by atoms with Crippen molar-refractivity contribution in [3.05, 3.63) is 36.0 Å². The van der Waals surface area contributed by atoms with E-state index in [1.807, 2.05) is 0 Å². The Hall–Kier alpha value is -1.85. The number of hydrogen-bond acceptors (Lipinski definition) is 3. The Morgan fingerprint density at radius 2 is 2.12 bits per heavy atom. The number of likely N-dealkylation sites (tertiary alicyclic amines) is 1. The van der Waals surface area contributed by atoms with Gasteiger partial charge in [0.15, 0.2) is 0 Å². The first-order chi connectivity index (χ1) is 11.7. The van der Waals surface area contributed by atoms with Crippen molar-refractivity contribution in [3.63, 3.8) is 0 Å². The topological polar surface area (TPSA) is 46.5 Å². The standard InChI is InChI=1S/C19H25N3O2/c1-20-19(23)18-8-7-16-17(24-18)9-10-22(16)12-13-11-21(2)15-6-4-3-5-14(13)15/h3-6,11,16-18H,7-10,12H2,1-2H3,(H,20,23)/t16-,17-,18+/m1/s1. The lowest BCUT2D eigenvalue weighted by atomic mass is 9.98. The molecule has 2 fully saturated rings. The summed E-state index contributed by atoms with van der Waals surface area (Å²) in [5, 5.41) is 4.04. The van der Waals surface area contributed by atoms with Crippen molar-refractivity contribution < 1.29 is 9.53 Å². The number of carbonyl (C=O) groups excluding carboxylic acids is 1. The third-order valence-electron chi connectivity index (χ3n) is 5.55. The van der Waals surface area contributed by atoms with Gasteiger partial charge in [0.1, 0.15) is 6.10 Å². The second-order valence-electron chi connectivity index (χ2n) is 6.96. The predicted molar refractivity (Wildman–Crippen MR) is 93.7 cm³/mol. The van der Waals surface area contributed by atoms with Gasteiger partial charge in [0.2, 0.25) is 5.91 Å². The second-order valence-corrected chi connectivity index (χ2v) is 6.96. The Kier molecular flexibility index (Phi) is 4.06. The molecule has 1 N–H and O–H groups in total. The average molecular weight is 327 g/mol. The minimum atomic E-state index is -0.270. The molecule has 5 heteroatoms. The van der Waals surface area contributed by atoms with Crippen LogP contribution in [-0.4, -0.2) is 47.2 Å². The van der Waals surface area contributed by atoms with Crippen LogP contribution in [0.5, 0.6) is 0 Å². The molecule has 24 heavy (non-hydrogen) atoms. The van der Waals surface area contributed by atoms with Crippen LogP contribution in [0.3, 0.4) is 0 Å². The van der Waals surface area contributed by atoms with E-state index < -0.39 is 0 Å². The van der Waals surface area contributed by atoms with Crippen LogP contribution in [0, 0.1) is 0 Å². The molecule has 0 radical (unpaired) electrons. The molecule has 1 aromatic carbocycles. The molecular formula is C19H25N3O2. The van der Waals surface area contributed by atoms with Crippen molar-refractivity contribution in [3.8, 4) is 0 Å². The minimum Gasteiger partial charge on any atom is -0.363 e. The number of amides is 1. The quantitative estimate of drug-likeness (QED) is 0.938. The maximum absolute atomic E-state index is 11.8. The Labute approximate surface area is 142 Å². The SMILES string of the molecule is CNC(=O)[C@@H]1CC[C@@H]2[C@@H](CCN2Cc2cn(C)c3ccccc23)O1. The van der Waals surface area contributed by atoms with E-state index in [0.717, 1.165) is 32.4 Å². The molecule has 0 saturated carbocycles. The number of aromatic nitrogens is 1. The van der Waals surface area contributed by atoms with Gasteiger partial charge in [0.05, 0.1) is 6.10 Å². The highest BCUT2D eigenvalue weighted by molar-refractivity contribution is 5.83.